The number of allylic oxidation sites excluding steroid dienone is 2. The highest BCUT2D eigenvalue weighted by Crippen LogP contribution is 2.30. The highest BCUT2D eigenvalue weighted by atomic mass is 14.2. The molecule has 0 aromatic rings. The molecule has 0 heterocycles. The first-order valence-electron chi connectivity index (χ1n) is 8.22. The van der Waals surface area contributed by atoms with Crippen LogP contribution in [0.3, 0.4) is 0 Å². The van der Waals surface area contributed by atoms with Gasteiger partial charge in [0, 0.05) is 0 Å². The second kappa shape index (κ2) is 9.64. The van der Waals surface area contributed by atoms with Crippen LogP contribution in [-0.4, -0.2) is 0 Å². The molecule has 0 rings (SSSR count). The smallest absolute Gasteiger partial charge is 0.0152 e. The summed E-state index contributed by atoms with van der Waals surface area (Å²) in [5.41, 5.74) is 0.413. The van der Waals surface area contributed by atoms with Crippen LogP contribution in [-0.2, 0) is 0 Å². The van der Waals surface area contributed by atoms with Gasteiger partial charge in [-0.1, -0.05) is 79.4 Å². The fraction of sp³-hybridized carbons (Fsp3) is 0.889. The summed E-state index contributed by atoms with van der Waals surface area (Å²) in [5.74, 6) is 1.62. The Hall–Kier alpha value is -0.260. The molecular formula is C18H36. The van der Waals surface area contributed by atoms with Crippen LogP contribution >= 0.6 is 0 Å². The van der Waals surface area contributed by atoms with Crippen LogP contribution in [0.15, 0.2) is 12.2 Å². The summed E-state index contributed by atoms with van der Waals surface area (Å²) in [6, 6.07) is 0. The lowest BCUT2D eigenvalue weighted by molar-refractivity contribution is 0.360. The van der Waals surface area contributed by atoms with Crippen molar-refractivity contribution in [1.82, 2.24) is 0 Å². The molecule has 0 fully saturated rings. The minimum Gasteiger partial charge on any atom is -0.0846 e. The lowest BCUT2D eigenvalue weighted by atomic mass is 9.81. The highest BCUT2D eigenvalue weighted by molar-refractivity contribution is 4.99. The van der Waals surface area contributed by atoms with E-state index in [4.69, 9.17) is 0 Å². The largest absolute Gasteiger partial charge is 0.0846 e. The van der Waals surface area contributed by atoms with Crippen molar-refractivity contribution in [2.24, 2.45) is 17.3 Å². The van der Waals surface area contributed by atoms with E-state index >= 15 is 0 Å². The average Bonchev–Trinajstić information content (AvgIpc) is 2.39. The number of hydrogen-bond donors (Lipinski definition) is 0. The lowest BCUT2D eigenvalue weighted by Crippen LogP contribution is -2.13. The van der Waals surface area contributed by atoms with Gasteiger partial charge in [-0.25, -0.2) is 0 Å². The molecule has 0 heteroatoms. The average molecular weight is 252 g/mol. The number of unbranched alkanes of at least 4 members (excludes halogenated alkanes) is 2. The molecule has 0 N–H and O–H groups in total. The standard InChI is InChI=1S/C18H36/c1-7-11-12-13-16(5)17(8-2)14-15-18(6,9-3)10-4/h14-17H,7-13H2,1-6H3. The van der Waals surface area contributed by atoms with Crippen molar-refractivity contribution in [3.8, 4) is 0 Å². The molecule has 2 unspecified atom stereocenters. The highest BCUT2D eigenvalue weighted by Gasteiger charge is 2.17. The number of rotatable bonds is 10. The van der Waals surface area contributed by atoms with Gasteiger partial charge < -0.3 is 0 Å². The third kappa shape index (κ3) is 6.61. The molecule has 0 aliphatic rings. The Bertz CT molecular complexity index is 210. The minimum absolute atomic E-state index is 0.413. The fourth-order valence-electron chi connectivity index (χ4n) is 2.50. The van der Waals surface area contributed by atoms with Gasteiger partial charge in [0.15, 0.2) is 0 Å². The van der Waals surface area contributed by atoms with E-state index in [0.29, 0.717) is 5.41 Å². The summed E-state index contributed by atoms with van der Waals surface area (Å²) >= 11 is 0. The van der Waals surface area contributed by atoms with Gasteiger partial charge in [-0.05, 0) is 36.5 Å². The topological polar surface area (TPSA) is 0 Å². The molecule has 0 bridgehead atoms. The van der Waals surface area contributed by atoms with Gasteiger partial charge >= 0.3 is 0 Å². The molecule has 0 aliphatic heterocycles. The first-order valence-corrected chi connectivity index (χ1v) is 8.22. The second-order valence-electron chi connectivity index (χ2n) is 6.27. The van der Waals surface area contributed by atoms with Crippen molar-refractivity contribution in [3.63, 3.8) is 0 Å². The zero-order valence-electron chi connectivity index (χ0n) is 13.8. The molecule has 0 aromatic heterocycles. The molecule has 0 aliphatic carbocycles. The monoisotopic (exact) mass is 252 g/mol. The van der Waals surface area contributed by atoms with E-state index in [1.165, 1.54) is 44.9 Å². The van der Waals surface area contributed by atoms with Gasteiger partial charge in [0.05, 0.1) is 0 Å². The Kier molecular flexibility index (Phi) is 9.50. The normalized spacial score (nSPS) is 16.1. The lowest BCUT2D eigenvalue weighted by Gasteiger charge is -2.25. The minimum atomic E-state index is 0.413. The van der Waals surface area contributed by atoms with Gasteiger partial charge in [0.2, 0.25) is 0 Å². The van der Waals surface area contributed by atoms with E-state index in [1.54, 1.807) is 0 Å². The van der Waals surface area contributed by atoms with Crippen LogP contribution < -0.4 is 0 Å². The maximum Gasteiger partial charge on any atom is -0.0152 e. The van der Waals surface area contributed by atoms with E-state index in [0.717, 1.165) is 11.8 Å². The molecule has 0 aromatic carbocycles. The van der Waals surface area contributed by atoms with Crippen molar-refractivity contribution in [2.75, 3.05) is 0 Å². The third-order valence-corrected chi connectivity index (χ3v) is 4.83. The molecule has 0 spiro atoms. The van der Waals surface area contributed by atoms with Crippen LogP contribution in [0.4, 0.5) is 0 Å². The molecule has 0 radical (unpaired) electrons. The van der Waals surface area contributed by atoms with Crippen LogP contribution in [0.2, 0.25) is 0 Å². The summed E-state index contributed by atoms with van der Waals surface area (Å²) in [7, 11) is 0. The summed E-state index contributed by atoms with van der Waals surface area (Å²) in [4.78, 5) is 0. The zero-order chi connectivity index (χ0) is 14.0. The maximum absolute atomic E-state index is 2.52. The summed E-state index contributed by atoms with van der Waals surface area (Å²) in [6.07, 6.45) is 14.3. The first-order chi connectivity index (χ1) is 8.52. The summed E-state index contributed by atoms with van der Waals surface area (Å²) in [6.45, 7) is 14.1. The second-order valence-corrected chi connectivity index (χ2v) is 6.27. The van der Waals surface area contributed by atoms with Gasteiger partial charge in [-0.3, -0.25) is 0 Å². The van der Waals surface area contributed by atoms with Crippen LogP contribution in [0.5, 0.6) is 0 Å². The van der Waals surface area contributed by atoms with Crippen molar-refractivity contribution < 1.29 is 0 Å². The molecule has 0 saturated carbocycles. The Morgan fingerprint density at radius 3 is 2.06 bits per heavy atom. The van der Waals surface area contributed by atoms with Crippen LogP contribution in [0.1, 0.15) is 86.5 Å². The van der Waals surface area contributed by atoms with Crippen molar-refractivity contribution in [2.45, 2.75) is 86.5 Å². The Morgan fingerprint density at radius 1 is 1.00 bits per heavy atom. The summed E-state index contributed by atoms with van der Waals surface area (Å²) < 4.78 is 0. The SMILES string of the molecule is CCCCCC(C)C(C=CC(C)(CC)CC)CC. The van der Waals surface area contributed by atoms with E-state index in [2.05, 4.69) is 53.7 Å². The van der Waals surface area contributed by atoms with Crippen molar-refractivity contribution >= 4 is 0 Å². The Balaban J connectivity index is 4.35. The van der Waals surface area contributed by atoms with Gasteiger partial charge in [-0.2, -0.15) is 0 Å². The number of hydrogen-bond acceptors (Lipinski definition) is 0. The molecule has 0 nitrogen and oxygen atoms in total. The molecular weight excluding hydrogens is 216 g/mol. The zero-order valence-corrected chi connectivity index (χ0v) is 13.8. The van der Waals surface area contributed by atoms with E-state index in [-0.39, 0.29) is 0 Å². The predicted molar refractivity (Wildman–Crippen MR) is 84.9 cm³/mol. The Morgan fingerprint density at radius 2 is 1.61 bits per heavy atom. The van der Waals surface area contributed by atoms with Gasteiger partial charge in [-0.15, -0.1) is 0 Å². The van der Waals surface area contributed by atoms with E-state index in [9.17, 15) is 0 Å². The third-order valence-electron chi connectivity index (χ3n) is 4.83. The van der Waals surface area contributed by atoms with Gasteiger partial charge in [0.1, 0.15) is 0 Å². The molecule has 0 amide bonds. The van der Waals surface area contributed by atoms with Crippen LogP contribution in [0, 0.1) is 17.3 Å². The predicted octanol–water partition coefficient (Wildman–Crippen LogP) is 6.61. The molecule has 2 atom stereocenters. The van der Waals surface area contributed by atoms with E-state index < -0.39 is 0 Å². The summed E-state index contributed by atoms with van der Waals surface area (Å²) in [5, 5.41) is 0. The maximum atomic E-state index is 2.52. The van der Waals surface area contributed by atoms with Crippen LogP contribution in [0.25, 0.3) is 0 Å². The van der Waals surface area contributed by atoms with E-state index in [1.807, 2.05) is 0 Å². The molecule has 0 saturated heterocycles. The van der Waals surface area contributed by atoms with Crippen molar-refractivity contribution in [1.29, 1.82) is 0 Å². The fourth-order valence-corrected chi connectivity index (χ4v) is 2.50. The molecule has 18 heavy (non-hydrogen) atoms. The Labute approximate surface area is 116 Å². The van der Waals surface area contributed by atoms with Gasteiger partial charge in [0.25, 0.3) is 0 Å². The quantitative estimate of drug-likeness (QED) is 0.303. The first kappa shape index (κ1) is 17.7. The molecule has 108 valence electrons. The van der Waals surface area contributed by atoms with Crippen molar-refractivity contribution in [3.05, 3.63) is 12.2 Å².